The summed E-state index contributed by atoms with van der Waals surface area (Å²) in [6.07, 6.45) is 0. The SMILES string of the molecule is Cc1cc(C(=O)OCC(=O)Nc2cc(Cl)c(Cl)cc2Cl)c(C)o1. The van der Waals surface area contributed by atoms with Crippen molar-refractivity contribution in [3.05, 3.63) is 50.4 Å². The smallest absolute Gasteiger partial charge is 0.342 e. The third kappa shape index (κ3) is 4.41. The number of rotatable bonds is 4. The van der Waals surface area contributed by atoms with E-state index in [1.807, 2.05) is 0 Å². The van der Waals surface area contributed by atoms with Crippen molar-refractivity contribution in [3.63, 3.8) is 0 Å². The molecule has 1 heterocycles. The Morgan fingerprint density at radius 3 is 2.35 bits per heavy atom. The van der Waals surface area contributed by atoms with Crippen LogP contribution in [0.5, 0.6) is 0 Å². The van der Waals surface area contributed by atoms with E-state index in [-0.39, 0.29) is 26.3 Å². The Labute approximate surface area is 147 Å². The molecule has 0 saturated heterocycles. The average Bonchev–Trinajstić information content (AvgIpc) is 2.81. The van der Waals surface area contributed by atoms with Crippen LogP contribution in [0.15, 0.2) is 22.6 Å². The molecule has 5 nitrogen and oxygen atoms in total. The van der Waals surface area contributed by atoms with Crippen LogP contribution in [0.25, 0.3) is 0 Å². The molecule has 23 heavy (non-hydrogen) atoms. The lowest BCUT2D eigenvalue weighted by atomic mass is 10.2. The van der Waals surface area contributed by atoms with E-state index in [4.69, 9.17) is 44.0 Å². The highest BCUT2D eigenvalue weighted by Crippen LogP contribution is 2.32. The lowest BCUT2D eigenvalue weighted by molar-refractivity contribution is -0.119. The van der Waals surface area contributed by atoms with Crippen molar-refractivity contribution in [3.8, 4) is 0 Å². The molecule has 0 aliphatic heterocycles. The van der Waals surface area contributed by atoms with Crippen LogP contribution >= 0.6 is 34.8 Å². The predicted molar refractivity (Wildman–Crippen MR) is 88.6 cm³/mol. The molecule has 0 unspecified atom stereocenters. The number of amides is 1. The van der Waals surface area contributed by atoms with Crippen LogP contribution in [0.2, 0.25) is 15.1 Å². The standard InChI is InChI=1S/C15H12Cl3NO4/c1-7-3-9(8(2)23-7)15(21)22-6-14(20)19-13-5-11(17)10(16)4-12(13)18/h3-5H,6H2,1-2H3,(H,19,20). The van der Waals surface area contributed by atoms with Gasteiger partial charge in [0.2, 0.25) is 0 Å². The van der Waals surface area contributed by atoms with Gasteiger partial charge in [0.1, 0.15) is 17.1 Å². The van der Waals surface area contributed by atoms with Gasteiger partial charge in [-0.05, 0) is 32.0 Å². The normalized spacial score (nSPS) is 10.5. The zero-order valence-electron chi connectivity index (χ0n) is 12.2. The summed E-state index contributed by atoms with van der Waals surface area (Å²) in [7, 11) is 0. The second kappa shape index (κ2) is 7.25. The van der Waals surface area contributed by atoms with Crippen molar-refractivity contribution >= 4 is 52.4 Å². The Morgan fingerprint density at radius 1 is 1.09 bits per heavy atom. The van der Waals surface area contributed by atoms with E-state index in [1.54, 1.807) is 19.9 Å². The molecule has 0 bridgehead atoms. The number of carbonyl (C=O) groups excluding carboxylic acids is 2. The number of esters is 1. The van der Waals surface area contributed by atoms with Crippen LogP contribution in [-0.2, 0) is 9.53 Å². The Balaban J connectivity index is 1.97. The molecule has 122 valence electrons. The molecule has 0 atom stereocenters. The molecule has 1 aromatic heterocycles. The summed E-state index contributed by atoms with van der Waals surface area (Å²) in [5.41, 5.74) is 0.556. The zero-order valence-corrected chi connectivity index (χ0v) is 14.5. The fraction of sp³-hybridized carbons (Fsp3) is 0.200. The highest BCUT2D eigenvalue weighted by atomic mass is 35.5. The van der Waals surface area contributed by atoms with Crippen LogP contribution in [0, 0.1) is 13.8 Å². The molecule has 0 radical (unpaired) electrons. The highest BCUT2D eigenvalue weighted by molar-refractivity contribution is 6.44. The fourth-order valence-corrected chi connectivity index (χ4v) is 2.44. The van der Waals surface area contributed by atoms with Crippen molar-refractivity contribution in [2.45, 2.75) is 13.8 Å². The Hall–Kier alpha value is -1.69. The average molecular weight is 377 g/mol. The summed E-state index contributed by atoms with van der Waals surface area (Å²) in [6.45, 7) is 2.88. The Bertz CT molecular complexity index is 770. The molecule has 1 N–H and O–H groups in total. The van der Waals surface area contributed by atoms with Gasteiger partial charge < -0.3 is 14.5 Å². The molecular formula is C15H12Cl3NO4. The first-order valence-electron chi connectivity index (χ1n) is 6.46. The van der Waals surface area contributed by atoms with Crippen LogP contribution in [0.1, 0.15) is 21.9 Å². The monoisotopic (exact) mass is 375 g/mol. The number of furan rings is 1. The maximum Gasteiger partial charge on any atom is 0.342 e. The third-order valence-electron chi connectivity index (χ3n) is 2.88. The van der Waals surface area contributed by atoms with Gasteiger partial charge in [0, 0.05) is 0 Å². The zero-order chi connectivity index (χ0) is 17.1. The van der Waals surface area contributed by atoms with E-state index >= 15 is 0 Å². The topological polar surface area (TPSA) is 68.5 Å². The fourth-order valence-electron chi connectivity index (χ4n) is 1.85. The molecular weight excluding hydrogens is 365 g/mol. The van der Waals surface area contributed by atoms with Crippen LogP contribution in [-0.4, -0.2) is 18.5 Å². The van der Waals surface area contributed by atoms with Crippen LogP contribution in [0.4, 0.5) is 5.69 Å². The van der Waals surface area contributed by atoms with Gasteiger partial charge >= 0.3 is 5.97 Å². The summed E-state index contributed by atoms with van der Waals surface area (Å²) < 4.78 is 10.2. The minimum absolute atomic E-state index is 0.223. The predicted octanol–water partition coefficient (Wildman–Crippen LogP) is 4.65. The van der Waals surface area contributed by atoms with Crippen molar-refractivity contribution in [2.24, 2.45) is 0 Å². The van der Waals surface area contributed by atoms with Gasteiger partial charge in [-0.1, -0.05) is 34.8 Å². The number of ether oxygens (including phenoxy) is 1. The molecule has 0 saturated carbocycles. The largest absolute Gasteiger partial charge is 0.466 e. The van der Waals surface area contributed by atoms with E-state index < -0.39 is 18.5 Å². The van der Waals surface area contributed by atoms with E-state index in [1.165, 1.54) is 12.1 Å². The van der Waals surface area contributed by atoms with E-state index in [0.717, 1.165) is 0 Å². The van der Waals surface area contributed by atoms with Gasteiger partial charge in [0.05, 0.1) is 20.8 Å². The highest BCUT2D eigenvalue weighted by Gasteiger charge is 2.17. The summed E-state index contributed by atoms with van der Waals surface area (Å²) in [5, 5.41) is 3.23. The second-order valence-electron chi connectivity index (χ2n) is 4.70. The third-order valence-corrected chi connectivity index (χ3v) is 3.91. The van der Waals surface area contributed by atoms with Crippen molar-refractivity contribution in [2.75, 3.05) is 11.9 Å². The molecule has 0 aliphatic rings. The number of nitrogens with one attached hydrogen (secondary N) is 1. The van der Waals surface area contributed by atoms with Crippen molar-refractivity contribution < 1.29 is 18.7 Å². The van der Waals surface area contributed by atoms with Gasteiger partial charge in [0.15, 0.2) is 6.61 Å². The first kappa shape index (κ1) is 17.7. The van der Waals surface area contributed by atoms with Crippen LogP contribution < -0.4 is 5.32 Å². The molecule has 2 aromatic rings. The number of hydrogen-bond donors (Lipinski definition) is 1. The number of benzene rings is 1. The van der Waals surface area contributed by atoms with Crippen molar-refractivity contribution in [1.82, 2.24) is 0 Å². The summed E-state index contributed by atoms with van der Waals surface area (Å²) in [6, 6.07) is 4.37. The van der Waals surface area contributed by atoms with Gasteiger partial charge in [-0.3, -0.25) is 4.79 Å². The Kier molecular flexibility index (Phi) is 5.57. The maximum atomic E-state index is 11.9. The molecule has 8 heteroatoms. The van der Waals surface area contributed by atoms with E-state index in [9.17, 15) is 9.59 Å². The molecule has 0 spiro atoms. The molecule has 1 amide bonds. The lowest BCUT2D eigenvalue weighted by Gasteiger charge is -2.09. The molecule has 0 aliphatic carbocycles. The molecule has 0 fully saturated rings. The van der Waals surface area contributed by atoms with Crippen LogP contribution in [0.3, 0.4) is 0 Å². The molecule has 1 aromatic carbocycles. The number of halogens is 3. The first-order chi connectivity index (χ1) is 10.8. The maximum absolute atomic E-state index is 11.9. The number of carbonyl (C=O) groups is 2. The number of anilines is 1. The number of hydrogen-bond acceptors (Lipinski definition) is 4. The minimum atomic E-state index is -0.644. The quantitative estimate of drug-likeness (QED) is 0.623. The number of aryl methyl sites for hydroxylation is 2. The minimum Gasteiger partial charge on any atom is -0.466 e. The second-order valence-corrected chi connectivity index (χ2v) is 5.92. The van der Waals surface area contributed by atoms with Gasteiger partial charge in [-0.2, -0.15) is 0 Å². The summed E-state index contributed by atoms with van der Waals surface area (Å²) >= 11 is 17.6. The first-order valence-corrected chi connectivity index (χ1v) is 7.60. The van der Waals surface area contributed by atoms with Crippen molar-refractivity contribution in [1.29, 1.82) is 0 Å². The summed E-state index contributed by atoms with van der Waals surface area (Å²) in [4.78, 5) is 23.7. The van der Waals surface area contributed by atoms with E-state index in [0.29, 0.717) is 11.5 Å². The van der Waals surface area contributed by atoms with Gasteiger partial charge in [0.25, 0.3) is 5.91 Å². The van der Waals surface area contributed by atoms with E-state index in [2.05, 4.69) is 5.32 Å². The van der Waals surface area contributed by atoms with Gasteiger partial charge in [-0.15, -0.1) is 0 Å². The lowest BCUT2D eigenvalue weighted by Crippen LogP contribution is -2.21. The Morgan fingerprint density at radius 2 is 1.74 bits per heavy atom. The summed E-state index contributed by atoms with van der Waals surface area (Å²) in [5.74, 6) is -0.187. The molecule has 2 rings (SSSR count). The van der Waals surface area contributed by atoms with Gasteiger partial charge in [-0.25, -0.2) is 4.79 Å².